The zero-order chi connectivity index (χ0) is 10.7. The molecule has 1 rings (SSSR count). The maximum absolute atomic E-state index is 10.6. The number of carbonyl (C=O) groups excluding carboxylic acids is 1. The first-order valence-electron chi connectivity index (χ1n) is 3.95. The summed E-state index contributed by atoms with van der Waals surface area (Å²) in [5.41, 5.74) is 0.474. The monoisotopic (exact) mass is 305 g/mol. The summed E-state index contributed by atoms with van der Waals surface area (Å²) >= 11 is 2.06. The Bertz CT molecular complexity index is 378. The molecule has 0 saturated carbocycles. The lowest BCUT2D eigenvalue weighted by molar-refractivity contribution is -0.385. The smallest absolute Gasteiger partial charge is 0.273 e. The third-order valence-corrected chi connectivity index (χ3v) is 2.55. The van der Waals surface area contributed by atoms with Crippen molar-refractivity contribution in [2.24, 2.45) is 0 Å². The van der Waals surface area contributed by atoms with Gasteiger partial charge in [0.25, 0.3) is 5.69 Å². The van der Waals surface area contributed by atoms with Gasteiger partial charge in [-0.1, -0.05) is 6.92 Å². The molecule has 14 heavy (non-hydrogen) atoms. The van der Waals surface area contributed by atoms with Crippen LogP contribution in [-0.2, 0) is 4.79 Å². The van der Waals surface area contributed by atoms with E-state index in [1.54, 1.807) is 19.1 Å². The largest absolute Gasteiger partial charge is 0.303 e. The number of nitro groups is 1. The van der Waals surface area contributed by atoms with Gasteiger partial charge in [0.05, 0.1) is 4.92 Å². The van der Waals surface area contributed by atoms with Crippen LogP contribution >= 0.6 is 22.6 Å². The van der Waals surface area contributed by atoms with Crippen molar-refractivity contribution in [2.75, 3.05) is 0 Å². The Morgan fingerprint density at radius 1 is 1.57 bits per heavy atom. The Labute approximate surface area is 94.6 Å². The highest BCUT2D eigenvalue weighted by Gasteiger charge is 2.18. The molecule has 0 amide bonds. The van der Waals surface area contributed by atoms with Gasteiger partial charge in [0.15, 0.2) is 0 Å². The van der Waals surface area contributed by atoms with Crippen LogP contribution in [0.3, 0.4) is 0 Å². The van der Waals surface area contributed by atoms with Gasteiger partial charge in [0.1, 0.15) is 6.29 Å². The lowest BCUT2D eigenvalue weighted by atomic mass is 10.0. The Balaban J connectivity index is 3.29. The van der Waals surface area contributed by atoms with Crippen LogP contribution in [0.5, 0.6) is 0 Å². The van der Waals surface area contributed by atoms with E-state index in [1.165, 1.54) is 6.07 Å². The molecule has 1 unspecified atom stereocenters. The fourth-order valence-electron chi connectivity index (χ4n) is 1.13. The Morgan fingerprint density at radius 3 is 2.71 bits per heavy atom. The third-order valence-electron chi connectivity index (χ3n) is 1.88. The van der Waals surface area contributed by atoms with Gasteiger partial charge in [-0.2, -0.15) is 0 Å². The second-order valence-corrected chi connectivity index (χ2v) is 4.13. The quantitative estimate of drug-likeness (QED) is 0.373. The van der Waals surface area contributed by atoms with Crippen LogP contribution < -0.4 is 0 Å². The molecule has 0 spiro atoms. The minimum atomic E-state index is -0.467. The van der Waals surface area contributed by atoms with Crippen LogP contribution in [0.4, 0.5) is 5.69 Å². The van der Waals surface area contributed by atoms with Crippen LogP contribution in [0.1, 0.15) is 18.4 Å². The zero-order valence-corrected chi connectivity index (χ0v) is 9.59. The summed E-state index contributed by atoms with van der Waals surface area (Å²) in [4.78, 5) is 20.7. The first-order chi connectivity index (χ1) is 6.56. The number of hydrogen-bond donors (Lipinski definition) is 0. The van der Waals surface area contributed by atoms with E-state index < -0.39 is 10.8 Å². The molecule has 0 fully saturated rings. The van der Waals surface area contributed by atoms with Crippen molar-refractivity contribution in [1.29, 1.82) is 0 Å². The number of hydrogen-bond acceptors (Lipinski definition) is 3. The van der Waals surface area contributed by atoms with E-state index in [0.717, 1.165) is 3.57 Å². The summed E-state index contributed by atoms with van der Waals surface area (Å²) < 4.78 is 0.886. The molecule has 0 radical (unpaired) electrons. The number of rotatable bonds is 3. The Morgan fingerprint density at radius 2 is 2.21 bits per heavy atom. The van der Waals surface area contributed by atoms with Crippen molar-refractivity contribution in [3.05, 3.63) is 37.4 Å². The molecular weight excluding hydrogens is 297 g/mol. The highest BCUT2D eigenvalue weighted by Crippen LogP contribution is 2.26. The van der Waals surface area contributed by atoms with Gasteiger partial charge in [-0.15, -0.1) is 0 Å². The molecule has 74 valence electrons. The maximum atomic E-state index is 10.6. The zero-order valence-electron chi connectivity index (χ0n) is 7.44. The van der Waals surface area contributed by atoms with Gasteiger partial charge in [0, 0.05) is 21.1 Å². The molecule has 0 bridgehead atoms. The van der Waals surface area contributed by atoms with E-state index in [-0.39, 0.29) is 5.69 Å². The van der Waals surface area contributed by atoms with Crippen LogP contribution in [-0.4, -0.2) is 11.2 Å². The fraction of sp³-hybridized carbons (Fsp3) is 0.222. The summed E-state index contributed by atoms with van der Waals surface area (Å²) in [5, 5.41) is 10.6. The summed E-state index contributed by atoms with van der Waals surface area (Å²) in [7, 11) is 0. The molecule has 1 aromatic rings. The van der Waals surface area contributed by atoms with Crippen molar-refractivity contribution in [3.8, 4) is 0 Å². The van der Waals surface area contributed by atoms with Crippen molar-refractivity contribution in [1.82, 2.24) is 0 Å². The average molecular weight is 305 g/mol. The van der Waals surface area contributed by atoms with Gasteiger partial charge in [0.2, 0.25) is 0 Å². The maximum Gasteiger partial charge on any atom is 0.273 e. The van der Waals surface area contributed by atoms with Gasteiger partial charge in [-0.25, -0.2) is 0 Å². The molecule has 0 aromatic heterocycles. The predicted octanol–water partition coefficient (Wildman–Crippen LogP) is 2.50. The Hall–Kier alpha value is -0.980. The fourth-order valence-corrected chi connectivity index (χ4v) is 1.64. The summed E-state index contributed by atoms with van der Waals surface area (Å²) in [6.07, 6.45) is 0.707. The molecule has 1 atom stereocenters. The molecule has 5 heteroatoms. The molecule has 0 aliphatic heterocycles. The van der Waals surface area contributed by atoms with E-state index in [0.29, 0.717) is 11.8 Å². The number of nitro benzene ring substituents is 1. The second kappa shape index (κ2) is 4.50. The lowest BCUT2D eigenvalue weighted by Gasteiger charge is -2.05. The first-order valence-corrected chi connectivity index (χ1v) is 5.03. The highest BCUT2D eigenvalue weighted by molar-refractivity contribution is 14.1. The van der Waals surface area contributed by atoms with Crippen LogP contribution in [0.15, 0.2) is 18.2 Å². The molecule has 1 aromatic carbocycles. The number of halogens is 1. The second-order valence-electron chi connectivity index (χ2n) is 2.89. The van der Waals surface area contributed by atoms with Crippen molar-refractivity contribution >= 4 is 34.6 Å². The van der Waals surface area contributed by atoms with E-state index in [4.69, 9.17) is 0 Å². The van der Waals surface area contributed by atoms with Crippen LogP contribution in [0.2, 0.25) is 0 Å². The molecule has 4 nitrogen and oxygen atoms in total. The van der Waals surface area contributed by atoms with Gasteiger partial charge in [-0.05, 0) is 34.7 Å². The number of carbonyl (C=O) groups is 1. The minimum Gasteiger partial charge on any atom is -0.303 e. The standard InChI is InChI=1S/C9H8INO3/c1-6(5-12)8-4-7(10)2-3-9(8)11(13)14/h2-6H,1H3. The predicted molar refractivity (Wildman–Crippen MR) is 60.3 cm³/mol. The normalized spacial score (nSPS) is 12.1. The Kier molecular flexibility index (Phi) is 3.56. The summed E-state index contributed by atoms with van der Waals surface area (Å²) in [6, 6.07) is 4.74. The molecular formula is C9H8INO3. The van der Waals surface area contributed by atoms with Crippen LogP contribution in [0.25, 0.3) is 0 Å². The van der Waals surface area contributed by atoms with Gasteiger partial charge < -0.3 is 4.79 Å². The number of aldehydes is 1. The molecule has 0 N–H and O–H groups in total. The van der Waals surface area contributed by atoms with Crippen molar-refractivity contribution < 1.29 is 9.72 Å². The van der Waals surface area contributed by atoms with Gasteiger partial charge in [-0.3, -0.25) is 10.1 Å². The summed E-state index contributed by atoms with van der Waals surface area (Å²) in [6.45, 7) is 1.64. The molecule has 0 aliphatic rings. The third kappa shape index (κ3) is 2.28. The molecule has 0 heterocycles. The summed E-state index contributed by atoms with van der Waals surface area (Å²) in [5.74, 6) is -0.440. The van der Waals surface area contributed by atoms with Crippen molar-refractivity contribution in [3.63, 3.8) is 0 Å². The van der Waals surface area contributed by atoms with E-state index in [9.17, 15) is 14.9 Å². The van der Waals surface area contributed by atoms with Crippen molar-refractivity contribution in [2.45, 2.75) is 12.8 Å². The lowest BCUT2D eigenvalue weighted by Crippen LogP contribution is -2.01. The highest BCUT2D eigenvalue weighted by atomic mass is 127. The first kappa shape index (κ1) is 11.1. The number of benzene rings is 1. The van der Waals surface area contributed by atoms with E-state index in [2.05, 4.69) is 22.6 Å². The van der Waals surface area contributed by atoms with E-state index in [1.807, 2.05) is 0 Å². The minimum absolute atomic E-state index is 0.00464. The SMILES string of the molecule is CC(C=O)c1cc(I)ccc1[N+](=O)[O-]. The van der Waals surface area contributed by atoms with Gasteiger partial charge >= 0.3 is 0 Å². The molecule has 0 aliphatic carbocycles. The van der Waals surface area contributed by atoms with E-state index >= 15 is 0 Å². The molecule has 0 saturated heterocycles. The average Bonchev–Trinajstić information content (AvgIpc) is 2.16. The van der Waals surface area contributed by atoms with Crippen LogP contribution in [0, 0.1) is 13.7 Å². The number of nitrogens with zero attached hydrogens (tertiary/aromatic N) is 1. The topological polar surface area (TPSA) is 60.2 Å².